The van der Waals surface area contributed by atoms with Crippen molar-refractivity contribution >= 4 is 21.9 Å². The molecule has 2 heterocycles. The van der Waals surface area contributed by atoms with E-state index < -0.39 is 0 Å². The van der Waals surface area contributed by atoms with Crippen molar-refractivity contribution in [1.82, 2.24) is 15.5 Å². The Bertz CT molecular complexity index is 605. The molecule has 0 radical (unpaired) electrons. The maximum Gasteiger partial charge on any atom is 0.191 e. The number of aliphatic imine (C=N–C) groups is 1. The summed E-state index contributed by atoms with van der Waals surface area (Å²) in [5.41, 5.74) is 1.17. The molecule has 7 heteroatoms. The SMILES string of the molecule is CCNC(=NCC1(CO)COC1)NC1CCN(Cc2ccc(Br)cc2)CC1. The Balaban J connectivity index is 1.46. The summed E-state index contributed by atoms with van der Waals surface area (Å²) in [5.74, 6) is 0.851. The number of likely N-dealkylation sites (tertiary alicyclic amines) is 1. The minimum Gasteiger partial charge on any atom is -0.396 e. The lowest BCUT2D eigenvalue weighted by atomic mass is 9.87. The normalized spacial score (nSPS) is 20.9. The molecule has 0 bridgehead atoms. The van der Waals surface area contributed by atoms with Crippen molar-refractivity contribution in [2.75, 3.05) is 46.0 Å². The van der Waals surface area contributed by atoms with Crippen LogP contribution < -0.4 is 10.6 Å². The van der Waals surface area contributed by atoms with Gasteiger partial charge in [0.2, 0.25) is 0 Å². The Hall–Kier alpha value is -1.15. The lowest BCUT2D eigenvalue weighted by Gasteiger charge is -2.38. The van der Waals surface area contributed by atoms with Gasteiger partial charge in [0.1, 0.15) is 0 Å². The Labute approximate surface area is 170 Å². The van der Waals surface area contributed by atoms with E-state index in [0.717, 1.165) is 49.5 Å². The van der Waals surface area contributed by atoms with Gasteiger partial charge in [0.15, 0.2) is 5.96 Å². The number of aliphatic hydroxyl groups excluding tert-OH is 1. The van der Waals surface area contributed by atoms with Crippen LogP contribution in [-0.2, 0) is 11.3 Å². The predicted octanol–water partition coefficient (Wildman–Crippen LogP) is 1.98. The number of nitrogens with one attached hydrogen (secondary N) is 2. The van der Waals surface area contributed by atoms with E-state index >= 15 is 0 Å². The van der Waals surface area contributed by atoms with Gasteiger partial charge in [-0.1, -0.05) is 28.1 Å². The number of rotatable bonds is 7. The summed E-state index contributed by atoms with van der Waals surface area (Å²) in [6.45, 7) is 8.01. The first-order valence-corrected chi connectivity index (χ1v) is 10.6. The fourth-order valence-corrected chi connectivity index (χ4v) is 3.73. The molecule has 1 aromatic carbocycles. The molecule has 3 rings (SSSR count). The maximum atomic E-state index is 9.57. The molecule has 150 valence electrons. The zero-order chi connectivity index (χ0) is 19.1. The highest BCUT2D eigenvalue weighted by atomic mass is 79.9. The summed E-state index contributed by atoms with van der Waals surface area (Å²) in [5, 5.41) is 16.5. The van der Waals surface area contributed by atoms with Crippen LogP contribution in [0.1, 0.15) is 25.3 Å². The van der Waals surface area contributed by atoms with Crippen LogP contribution in [0.4, 0.5) is 0 Å². The topological polar surface area (TPSA) is 69.1 Å². The van der Waals surface area contributed by atoms with Gasteiger partial charge in [-0.15, -0.1) is 0 Å². The van der Waals surface area contributed by atoms with Gasteiger partial charge in [0.05, 0.1) is 31.8 Å². The lowest BCUT2D eigenvalue weighted by Crippen LogP contribution is -2.51. The van der Waals surface area contributed by atoms with Gasteiger partial charge in [-0.25, -0.2) is 0 Å². The molecule has 1 aromatic rings. The van der Waals surface area contributed by atoms with Crippen molar-refractivity contribution in [3.05, 3.63) is 34.3 Å². The summed E-state index contributed by atoms with van der Waals surface area (Å²) in [6.07, 6.45) is 2.21. The number of piperidine rings is 1. The van der Waals surface area contributed by atoms with E-state index in [0.29, 0.717) is 25.8 Å². The summed E-state index contributed by atoms with van der Waals surface area (Å²) < 4.78 is 6.39. The first-order chi connectivity index (χ1) is 13.1. The fraction of sp³-hybridized carbons (Fsp3) is 0.650. The van der Waals surface area contributed by atoms with Crippen LogP contribution in [0.15, 0.2) is 33.7 Å². The van der Waals surface area contributed by atoms with E-state index in [4.69, 9.17) is 9.73 Å². The first kappa shape index (κ1) is 20.6. The first-order valence-electron chi connectivity index (χ1n) is 9.83. The third-order valence-electron chi connectivity index (χ3n) is 5.32. The number of halogens is 1. The van der Waals surface area contributed by atoms with Gasteiger partial charge in [-0.2, -0.15) is 0 Å². The molecule has 0 aliphatic carbocycles. The zero-order valence-corrected chi connectivity index (χ0v) is 17.7. The van der Waals surface area contributed by atoms with Crippen molar-refractivity contribution in [3.8, 4) is 0 Å². The Morgan fingerprint density at radius 2 is 2.00 bits per heavy atom. The molecule has 0 aromatic heterocycles. The molecule has 2 aliphatic heterocycles. The monoisotopic (exact) mass is 438 g/mol. The van der Waals surface area contributed by atoms with Gasteiger partial charge in [0, 0.05) is 36.7 Å². The van der Waals surface area contributed by atoms with Gasteiger partial charge in [-0.05, 0) is 37.5 Å². The molecule has 27 heavy (non-hydrogen) atoms. The molecule has 2 aliphatic rings. The molecule has 0 saturated carbocycles. The minimum absolute atomic E-state index is 0.129. The van der Waals surface area contributed by atoms with Gasteiger partial charge >= 0.3 is 0 Å². The smallest absolute Gasteiger partial charge is 0.191 e. The predicted molar refractivity (Wildman–Crippen MR) is 112 cm³/mol. The molecule has 6 nitrogen and oxygen atoms in total. The van der Waals surface area contributed by atoms with Crippen LogP contribution in [0.2, 0.25) is 0 Å². The van der Waals surface area contributed by atoms with E-state index in [1.165, 1.54) is 5.56 Å². The molecule has 0 unspecified atom stereocenters. The van der Waals surface area contributed by atoms with Crippen LogP contribution in [0.5, 0.6) is 0 Å². The number of ether oxygens (including phenoxy) is 1. The largest absolute Gasteiger partial charge is 0.396 e. The summed E-state index contributed by atoms with van der Waals surface area (Å²) in [4.78, 5) is 7.22. The average molecular weight is 439 g/mol. The van der Waals surface area contributed by atoms with Crippen molar-refractivity contribution in [3.63, 3.8) is 0 Å². The lowest BCUT2D eigenvalue weighted by molar-refractivity contribution is -0.130. The second-order valence-corrected chi connectivity index (χ2v) is 8.58. The number of nitrogens with zero attached hydrogens (tertiary/aromatic N) is 2. The van der Waals surface area contributed by atoms with Crippen molar-refractivity contribution in [2.45, 2.75) is 32.4 Å². The van der Waals surface area contributed by atoms with Crippen molar-refractivity contribution < 1.29 is 9.84 Å². The van der Waals surface area contributed by atoms with E-state index in [1.807, 2.05) is 0 Å². The highest BCUT2D eigenvalue weighted by Crippen LogP contribution is 2.27. The third kappa shape index (κ3) is 5.91. The molecule has 2 saturated heterocycles. The van der Waals surface area contributed by atoms with Crippen molar-refractivity contribution in [2.24, 2.45) is 10.4 Å². The molecule has 3 N–H and O–H groups in total. The second kappa shape index (κ2) is 9.87. The second-order valence-electron chi connectivity index (χ2n) is 7.67. The summed E-state index contributed by atoms with van der Waals surface area (Å²) in [7, 11) is 0. The molecular weight excluding hydrogens is 408 g/mol. The number of hydrogen-bond acceptors (Lipinski definition) is 4. The molecule has 0 spiro atoms. The fourth-order valence-electron chi connectivity index (χ4n) is 3.47. The van der Waals surface area contributed by atoms with Gasteiger partial charge in [-0.3, -0.25) is 9.89 Å². The third-order valence-corrected chi connectivity index (χ3v) is 5.85. The summed E-state index contributed by atoms with van der Waals surface area (Å²) >= 11 is 3.49. The van der Waals surface area contributed by atoms with Gasteiger partial charge < -0.3 is 20.5 Å². The van der Waals surface area contributed by atoms with Crippen LogP contribution in [0.3, 0.4) is 0 Å². The highest BCUT2D eigenvalue weighted by molar-refractivity contribution is 9.10. The van der Waals surface area contributed by atoms with E-state index in [2.05, 4.69) is 62.7 Å². The molecular formula is C20H31BrN4O2. The van der Waals surface area contributed by atoms with Crippen LogP contribution in [-0.4, -0.2) is 68.0 Å². The Morgan fingerprint density at radius 3 is 2.56 bits per heavy atom. The maximum absolute atomic E-state index is 9.57. The number of aliphatic hydroxyl groups is 1. The number of hydrogen-bond donors (Lipinski definition) is 3. The minimum atomic E-state index is -0.184. The van der Waals surface area contributed by atoms with Crippen LogP contribution in [0, 0.1) is 5.41 Å². The highest BCUT2D eigenvalue weighted by Gasteiger charge is 2.38. The average Bonchev–Trinajstić information content (AvgIpc) is 2.65. The van der Waals surface area contributed by atoms with E-state index in [-0.39, 0.29) is 12.0 Å². The van der Waals surface area contributed by atoms with Crippen LogP contribution >= 0.6 is 15.9 Å². The summed E-state index contributed by atoms with van der Waals surface area (Å²) in [6, 6.07) is 9.02. The zero-order valence-electron chi connectivity index (χ0n) is 16.1. The number of benzene rings is 1. The van der Waals surface area contributed by atoms with Gasteiger partial charge in [0.25, 0.3) is 0 Å². The number of guanidine groups is 1. The molecule has 0 atom stereocenters. The standard InChI is InChI=1S/C20H31BrN4O2/c1-2-22-19(23-12-20(13-26)14-27-15-20)24-18-7-9-25(10-8-18)11-16-3-5-17(21)6-4-16/h3-6,18,26H,2,7-15H2,1H3,(H2,22,23,24). The van der Waals surface area contributed by atoms with E-state index in [9.17, 15) is 5.11 Å². The quantitative estimate of drug-likeness (QED) is 0.448. The van der Waals surface area contributed by atoms with Crippen molar-refractivity contribution in [1.29, 1.82) is 0 Å². The molecule has 2 fully saturated rings. The Morgan fingerprint density at radius 1 is 1.30 bits per heavy atom. The Kier molecular flexibility index (Phi) is 7.52. The van der Waals surface area contributed by atoms with E-state index in [1.54, 1.807) is 0 Å². The molecule has 0 amide bonds. The van der Waals surface area contributed by atoms with Crippen LogP contribution in [0.25, 0.3) is 0 Å².